The van der Waals surface area contributed by atoms with Crippen molar-refractivity contribution < 1.29 is 75.6 Å². The second-order valence-electron chi connectivity index (χ2n) is 28.1. The number of nitrogens with zero attached hydrogens (tertiary/aromatic N) is 5. The molecular weight excluding hydrogens is 1280 g/mol. The Kier molecular flexibility index (Phi) is 33.3. The Labute approximate surface area is 584 Å². The molecule has 3 aliphatic heterocycles. The Morgan fingerprint density at radius 2 is 1.31 bits per heavy atom. The number of nitrogens with one attached hydrogen (secondary N) is 5. The smallest absolute Gasteiger partial charge is 0.410 e. The van der Waals surface area contributed by atoms with Crippen LogP contribution in [-0.4, -0.2) is 211 Å². The summed E-state index contributed by atoms with van der Waals surface area (Å²) in [6, 6.07) is 7.11. The molecule has 2 saturated heterocycles. The number of ether oxygens (including phenoxy) is 3. The zero-order valence-corrected chi connectivity index (χ0v) is 60.7. The number of carbonyl (C=O) groups excluding carboxylic acids is 9. The van der Waals surface area contributed by atoms with Crippen LogP contribution in [0.4, 0.5) is 23.7 Å². The Morgan fingerprint density at radius 3 is 1.89 bits per heavy atom. The molecule has 0 aliphatic carbocycles. The van der Waals surface area contributed by atoms with E-state index in [1.165, 1.54) is 26.2 Å². The van der Waals surface area contributed by atoms with E-state index in [9.17, 15) is 61.4 Å². The van der Waals surface area contributed by atoms with Gasteiger partial charge in [-0.25, -0.2) is 4.79 Å². The van der Waals surface area contributed by atoms with Crippen LogP contribution in [0.15, 0.2) is 66.7 Å². The van der Waals surface area contributed by atoms with E-state index >= 15 is 0 Å². The van der Waals surface area contributed by atoms with Crippen LogP contribution >= 0.6 is 0 Å². The van der Waals surface area contributed by atoms with Gasteiger partial charge in [-0.1, -0.05) is 130 Å². The number of alkyl halides is 3. The molecule has 0 aromatic heterocycles. The number of anilines is 1. The minimum atomic E-state index is -4.71. The number of piperidine rings is 1. The maximum Gasteiger partial charge on any atom is 0.410 e. The lowest BCUT2D eigenvalue weighted by Gasteiger charge is -2.41. The van der Waals surface area contributed by atoms with Gasteiger partial charge < -0.3 is 55.3 Å². The van der Waals surface area contributed by atoms with Crippen molar-refractivity contribution in [2.75, 3.05) is 66.4 Å². The van der Waals surface area contributed by atoms with Gasteiger partial charge in [-0.15, -0.1) is 0 Å². The number of methoxy groups -OCH3 is 2. The minimum absolute atomic E-state index is 0.0862. The summed E-state index contributed by atoms with van der Waals surface area (Å²) in [4.78, 5) is 131. The van der Waals surface area contributed by atoms with Gasteiger partial charge in [-0.2, -0.15) is 13.2 Å². The fourth-order valence-corrected chi connectivity index (χ4v) is 13.7. The van der Waals surface area contributed by atoms with Crippen molar-refractivity contribution >= 4 is 59.0 Å². The zero-order valence-electron chi connectivity index (χ0n) is 60.7. The molecule has 0 bridgehead atoms. The van der Waals surface area contributed by atoms with E-state index in [4.69, 9.17) is 14.2 Å². The fourth-order valence-electron chi connectivity index (χ4n) is 13.7. The molecule has 0 radical (unpaired) electrons. The number of unbranched alkanes of at least 4 members (excludes halogenated alkanes) is 2. The Balaban J connectivity index is 1.20. The third-order valence-electron chi connectivity index (χ3n) is 19.7. The van der Waals surface area contributed by atoms with Crippen LogP contribution in [0.1, 0.15) is 170 Å². The Morgan fingerprint density at radius 1 is 0.677 bits per heavy atom. The highest BCUT2D eigenvalue weighted by Crippen LogP contribution is 2.32. The molecule has 3 heterocycles. The first kappa shape index (κ1) is 82.7. The van der Waals surface area contributed by atoms with E-state index in [1.807, 2.05) is 32.0 Å². The molecule has 23 nitrogen and oxygen atoms in total. The van der Waals surface area contributed by atoms with E-state index < -0.39 is 138 Å². The van der Waals surface area contributed by atoms with Gasteiger partial charge in [0.25, 0.3) is 11.8 Å². The molecule has 6 N–H and O–H groups in total. The number of rotatable bonds is 39. The number of halogens is 3. The summed E-state index contributed by atoms with van der Waals surface area (Å²) < 4.78 is 61.5. The van der Waals surface area contributed by atoms with Crippen molar-refractivity contribution in [3.8, 4) is 0 Å². The summed E-state index contributed by atoms with van der Waals surface area (Å²) in [6.07, 6.45) is 0.434. The van der Waals surface area contributed by atoms with Gasteiger partial charge in [0.05, 0.1) is 54.8 Å². The normalized spacial score (nSPS) is 18.9. The monoisotopic (exact) mass is 1390 g/mol. The molecule has 2 aromatic carbocycles. The van der Waals surface area contributed by atoms with E-state index in [0.717, 1.165) is 49.4 Å². The summed E-state index contributed by atoms with van der Waals surface area (Å²) in [5.74, 6) is -6.24. The van der Waals surface area contributed by atoms with Crippen LogP contribution < -0.4 is 26.6 Å². The number of likely N-dealkylation sites (tertiary alicyclic amines) is 2. The number of likely N-dealkylation sites (N-methyl/N-ethyl adjacent to an activating group) is 2. The van der Waals surface area contributed by atoms with Crippen molar-refractivity contribution in [1.82, 2.24) is 45.8 Å². The SMILES string of the molecule is CC[C@H](C)[C@@H]([C@@H](CC(=O)N1CCC[C@H]1[C@H](OC)[C@@H](C)C(=O)N[C@H](C)[C@@H](O)c1ccccc1)OC)N(C)C(=O)[C@@H](NC(=O)[C@H](C(C)C)N(C)C(=O)OCc1ccc(NC(=O)[C@H](CCCN2CCCCC2)NC(=O)[C@@H](N[C@@H](CCCCCN2C(=O)C=CC2=O)C(F)(F)F)C(C)C)cc1)C(C)C. The predicted octanol–water partition coefficient (Wildman–Crippen LogP) is 8.30. The second kappa shape index (κ2) is 39.9. The molecule has 554 valence electrons. The van der Waals surface area contributed by atoms with Crippen molar-refractivity contribution in [2.45, 2.75) is 232 Å². The van der Waals surface area contributed by atoms with Crippen molar-refractivity contribution in [1.29, 1.82) is 0 Å². The van der Waals surface area contributed by atoms with Crippen LogP contribution in [0.25, 0.3) is 0 Å². The molecule has 13 atom stereocenters. The standard InChI is InChI=1S/C73H113F3N10O13/c1-15-48(8)64(56(97-13)43-60(89)85-42-26-30-55(85)66(98-14)49(9)67(91)77-50(10)65(90)52-27-19-16-20-28-52)82(11)71(95)62(46(4)5)81-70(94)63(47(6)7)83(12)72(96)99-44-51-32-34-53(35-33-51)78-68(92)54(29-25-40-84-38-22-18-23-39-84)79-69(93)61(45(2)3)80-57(73(74,75)76)31-21-17-24-41-86-58(87)36-37-59(86)88/h16,19-20,27-28,32-37,45-50,54-57,61-66,80,90H,15,17-18,21-26,29-31,38-44H2,1-14H3,(H,77,91)(H,78,92)(H,79,93)(H,81,94)/t48-,49+,50+,54-,55-,56+,57-,61-,62-,63-,64-,65+,66+/m0/s1. The first-order valence-electron chi connectivity index (χ1n) is 35.5. The summed E-state index contributed by atoms with van der Waals surface area (Å²) in [7, 11) is 6.07. The predicted molar refractivity (Wildman–Crippen MR) is 371 cm³/mol. The molecule has 2 fully saturated rings. The van der Waals surface area contributed by atoms with Crippen LogP contribution in [0.2, 0.25) is 0 Å². The lowest BCUT2D eigenvalue weighted by molar-refractivity contribution is -0.161. The van der Waals surface area contributed by atoms with E-state index in [0.29, 0.717) is 68.4 Å². The molecular formula is C73H113F3N10O13. The second-order valence-corrected chi connectivity index (χ2v) is 28.1. The number of aliphatic hydroxyl groups is 1. The zero-order chi connectivity index (χ0) is 73.4. The maximum absolute atomic E-state index is 14.9. The lowest BCUT2D eigenvalue weighted by Crippen LogP contribution is -2.60. The van der Waals surface area contributed by atoms with Gasteiger partial charge in [-0.3, -0.25) is 53.5 Å². The molecule has 99 heavy (non-hydrogen) atoms. The van der Waals surface area contributed by atoms with E-state index in [1.54, 1.807) is 109 Å². The van der Waals surface area contributed by atoms with Gasteiger partial charge in [0.1, 0.15) is 30.8 Å². The van der Waals surface area contributed by atoms with Gasteiger partial charge in [0.2, 0.25) is 35.4 Å². The molecule has 5 rings (SSSR count). The highest BCUT2D eigenvalue weighted by Gasteiger charge is 2.45. The van der Waals surface area contributed by atoms with Crippen molar-refractivity contribution in [2.24, 2.45) is 29.6 Å². The number of hydrogen-bond donors (Lipinski definition) is 6. The maximum atomic E-state index is 14.9. The summed E-state index contributed by atoms with van der Waals surface area (Å²) in [5, 5.41) is 25.0. The quantitative estimate of drug-likeness (QED) is 0.0271. The van der Waals surface area contributed by atoms with E-state index in [2.05, 4.69) is 31.5 Å². The molecule has 3 aliphatic rings. The first-order chi connectivity index (χ1) is 46.8. The Hall–Kier alpha value is -7.00. The molecule has 0 spiro atoms. The van der Waals surface area contributed by atoms with Gasteiger partial charge in [-0.05, 0) is 125 Å². The topological polar surface area (TPSA) is 278 Å². The van der Waals surface area contributed by atoms with Crippen molar-refractivity contribution in [3.63, 3.8) is 0 Å². The number of aliphatic hydroxyl groups excluding tert-OH is 1. The average molecular weight is 1400 g/mol. The van der Waals surface area contributed by atoms with Gasteiger partial charge >= 0.3 is 12.3 Å². The molecule has 26 heteroatoms. The van der Waals surface area contributed by atoms with Gasteiger partial charge in [0, 0.05) is 59.2 Å². The average Bonchev–Trinajstić information content (AvgIpc) is 1.80. The summed E-state index contributed by atoms with van der Waals surface area (Å²) >= 11 is 0. The van der Waals surface area contributed by atoms with E-state index in [-0.39, 0.29) is 56.6 Å². The molecule has 0 unspecified atom stereocenters. The largest absolute Gasteiger partial charge is 0.445 e. The minimum Gasteiger partial charge on any atom is -0.445 e. The van der Waals surface area contributed by atoms with Crippen LogP contribution in [0, 0.1) is 29.6 Å². The summed E-state index contributed by atoms with van der Waals surface area (Å²) in [6.45, 7) is 20.5. The van der Waals surface area contributed by atoms with Crippen LogP contribution in [0.3, 0.4) is 0 Å². The Bertz CT molecular complexity index is 2950. The molecule has 0 saturated carbocycles. The highest BCUT2D eigenvalue weighted by atomic mass is 19.4. The van der Waals surface area contributed by atoms with Crippen LogP contribution in [0.5, 0.6) is 0 Å². The third-order valence-corrected chi connectivity index (χ3v) is 19.7. The number of benzene rings is 2. The molecule has 2 aromatic rings. The number of imide groups is 1. The van der Waals surface area contributed by atoms with Crippen LogP contribution in [-0.2, 0) is 59.2 Å². The third kappa shape index (κ3) is 24.1. The lowest BCUT2D eigenvalue weighted by atomic mass is 9.89. The molecule has 9 amide bonds. The number of hydrogen-bond acceptors (Lipinski definition) is 15. The van der Waals surface area contributed by atoms with Gasteiger partial charge in [0.15, 0.2) is 0 Å². The number of carbonyl (C=O) groups is 9. The highest BCUT2D eigenvalue weighted by molar-refractivity contribution is 6.12. The summed E-state index contributed by atoms with van der Waals surface area (Å²) in [5.41, 5.74) is 1.52. The van der Waals surface area contributed by atoms with Crippen molar-refractivity contribution in [3.05, 3.63) is 77.9 Å². The fraction of sp³-hybridized carbons (Fsp3) is 0.685. The first-order valence-corrected chi connectivity index (χ1v) is 35.5. The number of amides is 9.